The van der Waals surface area contributed by atoms with Crippen LogP contribution in [0.15, 0.2) is 5.16 Å². The summed E-state index contributed by atoms with van der Waals surface area (Å²) in [6.07, 6.45) is 3.02. The Morgan fingerprint density at radius 1 is 1.64 bits per heavy atom. The summed E-state index contributed by atoms with van der Waals surface area (Å²) in [5, 5.41) is 12.9. The first kappa shape index (κ1) is 10.4. The van der Waals surface area contributed by atoms with Gasteiger partial charge in [-0.15, -0.1) is 0 Å². The number of nitrogens with zero attached hydrogens (tertiary/aromatic N) is 1. The summed E-state index contributed by atoms with van der Waals surface area (Å²) in [5.41, 5.74) is 0. The molecule has 11 heavy (non-hydrogen) atoms. The minimum absolute atomic E-state index is 0.224. The number of aliphatic hydroxyl groups is 1. The molecule has 1 N–H and O–H groups in total. The highest BCUT2D eigenvalue weighted by atomic mass is 16.6. The van der Waals surface area contributed by atoms with Crippen molar-refractivity contribution in [3.8, 4) is 0 Å². The monoisotopic (exact) mass is 159 g/mol. The van der Waals surface area contributed by atoms with Crippen LogP contribution < -0.4 is 0 Å². The van der Waals surface area contributed by atoms with Crippen molar-refractivity contribution in [1.29, 1.82) is 0 Å². The maximum absolute atomic E-state index is 9.32. The van der Waals surface area contributed by atoms with Crippen molar-refractivity contribution >= 4 is 6.21 Å². The molecule has 0 aromatic rings. The fraction of sp³-hybridized carbons (Fsp3) is 0.875. The van der Waals surface area contributed by atoms with Gasteiger partial charge in [0.2, 0.25) is 0 Å². The van der Waals surface area contributed by atoms with E-state index in [1.807, 2.05) is 13.8 Å². The van der Waals surface area contributed by atoms with Crippen LogP contribution >= 0.6 is 0 Å². The predicted octanol–water partition coefficient (Wildman–Crippen LogP) is 1.42. The summed E-state index contributed by atoms with van der Waals surface area (Å²) in [5.74, 6) is 0.263. The zero-order valence-corrected chi connectivity index (χ0v) is 7.45. The minimum atomic E-state index is -0.224. The Morgan fingerprint density at radius 2 is 2.27 bits per heavy atom. The molecular weight excluding hydrogens is 142 g/mol. The first-order valence-corrected chi connectivity index (χ1v) is 3.95. The van der Waals surface area contributed by atoms with E-state index in [2.05, 4.69) is 9.99 Å². The standard InChI is InChI=1S/C8H17NO2/c1-4-8(10)7(2)5-6-9-11-3/h6-8,10H,4-5H2,1-3H3/t7-,8+/m0/s1. The second-order valence-electron chi connectivity index (χ2n) is 2.66. The zero-order valence-electron chi connectivity index (χ0n) is 7.45. The van der Waals surface area contributed by atoms with Crippen LogP contribution in [0.3, 0.4) is 0 Å². The average molecular weight is 159 g/mol. The number of aliphatic hydroxyl groups excluding tert-OH is 1. The van der Waals surface area contributed by atoms with Crippen LogP contribution in [0.1, 0.15) is 26.7 Å². The van der Waals surface area contributed by atoms with Crippen LogP contribution in [0, 0.1) is 5.92 Å². The molecule has 0 amide bonds. The summed E-state index contributed by atoms with van der Waals surface area (Å²) >= 11 is 0. The van der Waals surface area contributed by atoms with Crippen molar-refractivity contribution in [2.24, 2.45) is 11.1 Å². The fourth-order valence-electron chi connectivity index (χ4n) is 0.843. The van der Waals surface area contributed by atoms with E-state index in [-0.39, 0.29) is 12.0 Å². The lowest BCUT2D eigenvalue weighted by Gasteiger charge is -2.13. The predicted molar refractivity (Wildman–Crippen MR) is 45.6 cm³/mol. The van der Waals surface area contributed by atoms with E-state index in [9.17, 15) is 5.11 Å². The van der Waals surface area contributed by atoms with Crippen molar-refractivity contribution in [1.82, 2.24) is 0 Å². The Bertz CT molecular complexity index is 115. The third-order valence-corrected chi connectivity index (χ3v) is 1.73. The normalized spacial score (nSPS) is 16.7. The van der Waals surface area contributed by atoms with Crippen LogP contribution in [0.4, 0.5) is 0 Å². The lowest BCUT2D eigenvalue weighted by atomic mass is 10.00. The average Bonchev–Trinajstić information content (AvgIpc) is 2.03. The quantitative estimate of drug-likeness (QED) is 0.487. The topological polar surface area (TPSA) is 41.8 Å². The highest BCUT2D eigenvalue weighted by molar-refractivity contribution is 5.56. The Labute approximate surface area is 68.1 Å². The first-order chi connectivity index (χ1) is 5.22. The van der Waals surface area contributed by atoms with E-state index < -0.39 is 0 Å². The van der Waals surface area contributed by atoms with Crippen LogP contribution in [0.2, 0.25) is 0 Å². The smallest absolute Gasteiger partial charge is 0.106 e. The van der Waals surface area contributed by atoms with E-state index in [1.54, 1.807) is 6.21 Å². The first-order valence-electron chi connectivity index (χ1n) is 3.95. The van der Waals surface area contributed by atoms with E-state index in [0.29, 0.717) is 0 Å². The summed E-state index contributed by atoms with van der Waals surface area (Å²) in [7, 11) is 1.51. The summed E-state index contributed by atoms with van der Waals surface area (Å²) < 4.78 is 0. The van der Waals surface area contributed by atoms with Crippen molar-refractivity contribution < 1.29 is 9.94 Å². The van der Waals surface area contributed by atoms with Gasteiger partial charge in [-0.05, 0) is 18.8 Å². The number of oxime groups is 1. The molecule has 0 saturated carbocycles. The number of hydrogen-bond donors (Lipinski definition) is 1. The highest BCUT2D eigenvalue weighted by Crippen LogP contribution is 2.08. The third-order valence-electron chi connectivity index (χ3n) is 1.73. The third kappa shape index (κ3) is 4.79. The molecule has 0 spiro atoms. The van der Waals surface area contributed by atoms with Gasteiger partial charge in [-0.1, -0.05) is 19.0 Å². The van der Waals surface area contributed by atoms with Crippen LogP contribution in [-0.4, -0.2) is 24.5 Å². The van der Waals surface area contributed by atoms with E-state index >= 15 is 0 Å². The number of rotatable bonds is 5. The molecule has 0 aliphatic carbocycles. The molecule has 3 heteroatoms. The summed E-state index contributed by atoms with van der Waals surface area (Å²) in [6.45, 7) is 3.96. The van der Waals surface area contributed by atoms with Crippen molar-refractivity contribution in [2.75, 3.05) is 7.11 Å². The van der Waals surface area contributed by atoms with E-state index in [4.69, 9.17) is 0 Å². The molecule has 0 heterocycles. The van der Waals surface area contributed by atoms with Gasteiger partial charge in [0, 0.05) is 6.21 Å². The fourth-order valence-corrected chi connectivity index (χ4v) is 0.843. The molecule has 66 valence electrons. The van der Waals surface area contributed by atoms with Gasteiger partial charge < -0.3 is 9.94 Å². The Kier molecular flexibility index (Phi) is 5.84. The van der Waals surface area contributed by atoms with Crippen LogP contribution in [-0.2, 0) is 4.84 Å². The minimum Gasteiger partial charge on any atom is -0.399 e. The Hall–Kier alpha value is -0.570. The molecule has 0 saturated heterocycles. The van der Waals surface area contributed by atoms with Crippen molar-refractivity contribution in [3.63, 3.8) is 0 Å². The largest absolute Gasteiger partial charge is 0.399 e. The lowest BCUT2D eigenvalue weighted by molar-refractivity contribution is 0.116. The van der Waals surface area contributed by atoms with Gasteiger partial charge in [-0.25, -0.2) is 0 Å². The Morgan fingerprint density at radius 3 is 2.73 bits per heavy atom. The molecule has 0 bridgehead atoms. The van der Waals surface area contributed by atoms with Gasteiger partial charge in [0.05, 0.1) is 6.10 Å². The maximum Gasteiger partial charge on any atom is 0.106 e. The molecule has 0 aliphatic heterocycles. The molecule has 0 fully saturated rings. The van der Waals surface area contributed by atoms with Gasteiger partial charge in [0.15, 0.2) is 0 Å². The summed E-state index contributed by atoms with van der Waals surface area (Å²) in [4.78, 5) is 4.49. The SMILES string of the molecule is CC[C@@H](O)[C@@H](C)CC=NOC. The van der Waals surface area contributed by atoms with Gasteiger partial charge >= 0.3 is 0 Å². The van der Waals surface area contributed by atoms with Gasteiger partial charge in [-0.3, -0.25) is 0 Å². The molecule has 0 radical (unpaired) electrons. The molecule has 0 unspecified atom stereocenters. The van der Waals surface area contributed by atoms with E-state index in [0.717, 1.165) is 12.8 Å². The van der Waals surface area contributed by atoms with Gasteiger partial charge in [-0.2, -0.15) is 0 Å². The second-order valence-corrected chi connectivity index (χ2v) is 2.66. The van der Waals surface area contributed by atoms with Crippen LogP contribution in [0.5, 0.6) is 0 Å². The van der Waals surface area contributed by atoms with Crippen molar-refractivity contribution in [2.45, 2.75) is 32.8 Å². The van der Waals surface area contributed by atoms with Crippen molar-refractivity contribution in [3.05, 3.63) is 0 Å². The molecule has 0 aliphatic rings. The maximum atomic E-state index is 9.32. The van der Waals surface area contributed by atoms with Crippen LogP contribution in [0.25, 0.3) is 0 Å². The van der Waals surface area contributed by atoms with Gasteiger partial charge in [0.1, 0.15) is 7.11 Å². The van der Waals surface area contributed by atoms with Gasteiger partial charge in [0.25, 0.3) is 0 Å². The zero-order chi connectivity index (χ0) is 8.69. The van der Waals surface area contributed by atoms with E-state index in [1.165, 1.54) is 7.11 Å². The molecular formula is C8H17NO2. The molecule has 0 aromatic heterocycles. The molecule has 3 nitrogen and oxygen atoms in total. The molecule has 2 atom stereocenters. The highest BCUT2D eigenvalue weighted by Gasteiger charge is 2.09. The molecule has 0 rings (SSSR count). The Balaban J connectivity index is 3.50. The lowest BCUT2D eigenvalue weighted by Crippen LogP contribution is -2.16. The second kappa shape index (κ2) is 6.16. The summed E-state index contributed by atoms with van der Waals surface area (Å²) in [6, 6.07) is 0. The number of hydrogen-bond acceptors (Lipinski definition) is 3. The molecule has 0 aromatic carbocycles.